The second-order valence-electron chi connectivity index (χ2n) is 9.25. The maximum Gasteiger partial charge on any atom is 0.459 e. The summed E-state index contributed by atoms with van der Waals surface area (Å²) < 4.78 is 138. The highest BCUT2D eigenvalue weighted by molar-refractivity contribution is 5.97. The van der Waals surface area contributed by atoms with Gasteiger partial charge in [-0.05, 0) is 30.5 Å². The summed E-state index contributed by atoms with van der Waals surface area (Å²) in [5, 5.41) is 18.2. The quantitative estimate of drug-likeness (QED) is 0.287. The number of halogens is 10. The summed E-state index contributed by atoms with van der Waals surface area (Å²) >= 11 is 0. The Kier molecular flexibility index (Phi) is 7.86. The molecule has 228 valence electrons. The molecule has 3 aromatic rings. The first-order valence-corrected chi connectivity index (χ1v) is 11.8. The third-order valence-corrected chi connectivity index (χ3v) is 6.11. The van der Waals surface area contributed by atoms with Gasteiger partial charge in [-0.3, -0.25) is 4.79 Å². The van der Waals surface area contributed by atoms with Crippen LogP contribution in [0.25, 0.3) is 5.82 Å². The molecule has 0 bridgehead atoms. The van der Waals surface area contributed by atoms with Gasteiger partial charge in [0, 0.05) is 19.7 Å². The standard InChI is InChI=1S/C25H16F10N6O2/c1-40-20(17(43-21(26)27)18(39-40)23(28,29)25(33,34)35)41-11-14(10-37-41)4-2-3-13-5-6-16(24(30,31)32)15(9-13)19(42)38-22(12-36)7-8-22/h5-6,9-11,21H,3,7-8H2,1H3,(H,38,42). The smallest absolute Gasteiger partial charge is 0.428 e. The molecule has 18 heteroatoms. The molecule has 1 fully saturated rings. The summed E-state index contributed by atoms with van der Waals surface area (Å²) in [6.07, 6.45) is -8.74. The lowest BCUT2D eigenvalue weighted by Gasteiger charge is -2.18. The molecular formula is C25H16F10N6O2. The van der Waals surface area contributed by atoms with E-state index in [0.29, 0.717) is 15.4 Å². The van der Waals surface area contributed by atoms with Crippen molar-refractivity contribution in [3.05, 3.63) is 58.5 Å². The van der Waals surface area contributed by atoms with Crippen LogP contribution in [0.15, 0.2) is 30.6 Å². The normalized spacial score (nSPS) is 14.6. The third kappa shape index (κ3) is 6.37. The van der Waals surface area contributed by atoms with E-state index in [9.17, 15) is 48.7 Å². The van der Waals surface area contributed by atoms with Crippen LogP contribution in [0, 0.1) is 23.2 Å². The zero-order valence-electron chi connectivity index (χ0n) is 21.4. The van der Waals surface area contributed by atoms with Crippen LogP contribution in [0.3, 0.4) is 0 Å². The van der Waals surface area contributed by atoms with Crippen molar-refractivity contribution >= 4 is 5.91 Å². The number of alkyl halides is 10. The average molecular weight is 622 g/mol. The lowest BCUT2D eigenvalue weighted by atomic mass is 10.0. The number of hydrogen-bond donors (Lipinski definition) is 1. The topological polar surface area (TPSA) is 97.8 Å². The number of carbonyl (C=O) groups excluding carboxylic acids is 1. The number of benzene rings is 1. The highest BCUT2D eigenvalue weighted by Gasteiger charge is 2.62. The maximum absolute atomic E-state index is 14.0. The number of aromatic nitrogens is 4. The molecule has 1 N–H and O–H groups in total. The molecule has 1 saturated carbocycles. The van der Waals surface area contributed by atoms with Crippen molar-refractivity contribution in [2.75, 3.05) is 0 Å². The minimum Gasteiger partial charge on any atom is -0.428 e. The zero-order chi connectivity index (χ0) is 32.0. The van der Waals surface area contributed by atoms with Crippen LogP contribution in [-0.2, 0) is 25.6 Å². The Morgan fingerprint density at radius 1 is 1.16 bits per heavy atom. The summed E-state index contributed by atoms with van der Waals surface area (Å²) in [5.41, 5.74) is -5.15. The first-order valence-electron chi connectivity index (χ1n) is 11.8. The van der Waals surface area contributed by atoms with Crippen molar-refractivity contribution in [1.82, 2.24) is 24.9 Å². The summed E-state index contributed by atoms with van der Waals surface area (Å²) in [6.45, 7) is -3.80. The molecule has 0 radical (unpaired) electrons. The van der Waals surface area contributed by atoms with Crippen molar-refractivity contribution in [3.63, 3.8) is 0 Å². The molecule has 1 aliphatic carbocycles. The molecule has 8 nitrogen and oxygen atoms in total. The Hall–Kier alpha value is -4.74. The molecule has 0 unspecified atom stereocenters. The molecule has 43 heavy (non-hydrogen) atoms. The van der Waals surface area contributed by atoms with Crippen LogP contribution in [0.1, 0.15) is 45.6 Å². The van der Waals surface area contributed by atoms with Crippen LogP contribution < -0.4 is 10.1 Å². The number of aryl methyl sites for hydroxylation is 1. The Morgan fingerprint density at radius 3 is 2.40 bits per heavy atom. The number of carbonyl (C=O) groups is 1. The largest absolute Gasteiger partial charge is 0.459 e. The molecule has 0 saturated heterocycles. The van der Waals surface area contributed by atoms with E-state index in [2.05, 4.69) is 32.1 Å². The van der Waals surface area contributed by atoms with Gasteiger partial charge in [-0.25, -0.2) is 9.36 Å². The molecule has 0 aliphatic heterocycles. The van der Waals surface area contributed by atoms with E-state index in [4.69, 9.17) is 5.26 Å². The van der Waals surface area contributed by atoms with E-state index in [1.54, 1.807) is 0 Å². The van der Waals surface area contributed by atoms with Gasteiger partial charge in [-0.2, -0.15) is 59.4 Å². The van der Waals surface area contributed by atoms with Gasteiger partial charge in [0.1, 0.15) is 5.54 Å². The van der Waals surface area contributed by atoms with E-state index < -0.39 is 64.7 Å². The molecule has 2 heterocycles. The van der Waals surface area contributed by atoms with E-state index >= 15 is 0 Å². The Bertz CT molecular complexity index is 1650. The molecule has 2 aromatic heterocycles. The second-order valence-corrected chi connectivity index (χ2v) is 9.25. The molecule has 0 spiro atoms. The van der Waals surface area contributed by atoms with Crippen molar-refractivity contribution < 1.29 is 53.4 Å². The van der Waals surface area contributed by atoms with Crippen LogP contribution in [0.5, 0.6) is 5.75 Å². The van der Waals surface area contributed by atoms with E-state index in [1.807, 2.05) is 6.07 Å². The van der Waals surface area contributed by atoms with Crippen LogP contribution in [0.2, 0.25) is 0 Å². The molecular weight excluding hydrogens is 606 g/mol. The van der Waals surface area contributed by atoms with E-state index in [1.165, 1.54) is 0 Å². The summed E-state index contributed by atoms with van der Waals surface area (Å²) in [5.74, 6) is -4.04. The van der Waals surface area contributed by atoms with Gasteiger partial charge in [-0.1, -0.05) is 17.9 Å². The van der Waals surface area contributed by atoms with Crippen molar-refractivity contribution in [2.45, 2.75) is 49.7 Å². The monoisotopic (exact) mass is 622 g/mol. The van der Waals surface area contributed by atoms with Gasteiger partial charge >= 0.3 is 24.9 Å². The number of rotatable bonds is 7. The van der Waals surface area contributed by atoms with Gasteiger partial charge in [0.25, 0.3) is 5.91 Å². The van der Waals surface area contributed by atoms with Gasteiger partial charge < -0.3 is 10.1 Å². The predicted molar refractivity (Wildman–Crippen MR) is 124 cm³/mol. The minimum absolute atomic E-state index is 0.0112. The van der Waals surface area contributed by atoms with Crippen molar-refractivity contribution in [3.8, 4) is 29.5 Å². The fraction of sp³-hybridized carbons (Fsp3) is 0.360. The Balaban J connectivity index is 1.61. The first-order chi connectivity index (χ1) is 19.9. The minimum atomic E-state index is -6.19. The van der Waals surface area contributed by atoms with Crippen LogP contribution in [0.4, 0.5) is 43.9 Å². The molecule has 1 aliphatic rings. The van der Waals surface area contributed by atoms with Gasteiger partial charge in [0.05, 0.1) is 29.0 Å². The SMILES string of the molecule is Cn1nc(C(F)(F)C(F)(F)F)c(OC(F)F)c1-n1cc(C#CCc2ccc(C(F)(F)F)c(C(=O)NC3(C#N)CC3)c2)cn1. The number of nitrogens with zero attached hydrogens (tertiary/aromatic N) is 5. The highest BCUT2D eigenvalue weighted by Crippen LogP contribution is 2.48. The van der Waals surface area contributed by atoms with E-state index in [0.717, 1.165) is 31.6 Å². The van der Waals surface area contributed by atoms with Crippen molar-refractivity contribution in [2.24, 2.45) is 7.05 Å². The Labute approximate surface area is 234 Å². The van der Waals surface area contributed by atoms with Gasteiger partial charge in [0.15, 0.2) is 17.3 Å². The van der Waals surface area contributed by atoms with Crippen LogP contribution in [-0.4, -0.2) is 43.8 Å². The van der Waals surface area contributed by atoms with Crippen LogP contribution >= 0.6 is 0 Å². The van der Waals surface area contributed by atoms with E-state index in [-0.39, 0.29) is 30.4 Å². The number of nitrogens with one attached hydrogen (secondary N) is 1. The van der Waals surface area contributed by atoms with Gasteiger partial charge in [0.2, 0.25) is 0 Å². The first kappa shape index (κ1) is 31.2. The summed E-state index contributed by atoms with van der Waals surface area (Å²) in [4.78, 5) is 12.6. The molecule has 0 atom stereocenters. The summed E-state index contributed by atoms with van der Waals surface area (Å²) in [6, 6.07) is 4.54. The number of nitriles is 1. The lowest BCUT2D eigenvalue weighted by Crippen LogP contribution is -2.36. The fourth-order valence-electron chi connectivity index (χ4n) is 3.85. The lowest BCUT2D eigenvalue weighted by molar-refractivity contribution is -0.291. The second kappa shape index (κ2) is 10.8. The fourth-order valence-corrected chi connectivity index (χ4v) is 3.85. The van der Waals surface area contributed by atoms with Crippen molar-refractivity contribution in [1.29, 1.82) is 5.26 Å². The highest BCUT2D eigenvalue weighted by atomic mass is 19.4. The third-order valence-electron chi connectivity index (χ3n) is 6.11. The maximum atomic E-state index is 14.0. The molecule has 1 amide bonds. The summed E-state index contributed by atoms with van der Waals surface area (Å²) in [7, 11) is 0.886. The molecule has 1 aromatic carbocycles. The number of ether oxygens (including phenoxy) is 1. The number of amides is 1. The predicted octanol–water partition coefficient (Wildman–Crippen LogP) is 5.26. The number of hydrogen-bond acceptors (Lipinski definition) is 5. The van der Waals surface area contributed by atoms with Gasteiger partial charge in [-0.15, -0.1) is 0 Å². The zero-order valence-corrected chi connectivity index (χ0v) is 21.4. The average Bonchev–Trinajstić information content (AvgIpc) is 3.38. The molecule has 4 rings (SSSR count). The Morgan fingerprint density at radius 2 is 1.84 bits per heavy atom.